The molecule has 0 unspecified atom stereocenters. The molecule has 3 aromatic rings. The zero-order valence-corrected chi connectivity index (χ0v) is 14.6. The second kappa shape index (κ2) is 6.13. The third-order valence-corrected chi connectivity index (χ3v) is 5.22. The molecule has 27 heavy (non-hydrogen) atoms. The first kappa shape index (κ1) is 15.9. The number of anilines is 1. The Balaban J connectivity index is 0.00000192. The Kier molecular flexibility index (Phi) is 3.60. The number of ether oxygens (including phenoxy) is 2. The molecular formula is C22H20N2O3. The molecule has 0 saturated heterocycles. The number of fused-ring (bicyclic) bond motifs is 1. The van der Waals surface area contributed by atoms with Gasteiger partial charge in [-0.1, -0.05) is 36.4 Å². The summed E-state index contributed by atoms with van der Waals surface area (Å²) in [6.45, 7) is 0.232. The number of pyridine rings is 1. The van der Waals surface area contributed by atoms with Crippen molar-refractivity contribution in [3.8, 4) is 22.6 Å². The summed E-state index contributed by atoms with van der Waals surface area (Å²) in [4.78, 5) is 17.3. The molecule has 5 heteroatoms. The third-order valence-electron chi connectivity index (χ3n) is 5.22. The molecule has 1 fully saturated rings. The van der Waals surface area contributed by atoms with Gasteiger partial charge in [-0.3, -0.25) is 4.79 Å². The first-order valence-corrected chi connectivity index (χ1v) is 8.98. The van der Waals surface area contributed by atoms with E-state index < -0.39 is 5.41 Å². The molecule has 0 atom stereocenters. The Hall–Kier alpha value is -3.34. The minimum absolute atomic E-state index is 0. The van der Waals surface area contributed by atoms with Crippen molar-refractivity contribution in [3.63, 3.8) is 0 Å². The van der Waals surface area contributed by atoms with E-state index in [4.69, 9.17) is 9.47 Å². The van der Waals surface area contributed by atoms with Gasteiger partial charge < -0.3 is 14.8 Å². The van der Waals surface area contributed by atoms with E-state index in [0.29, 0.717) is 11.6 Å². The molecule has 1 saturated carbocycles. The summed E-state index contributed by atoms with van der Waals surface area (Å²) in [6.07, 6.45) is 3.42. The average Bonchev–Trinajstić information content (AvgIpc) is 3.40. The molecule has 2 aromatic carbocycles. The first-order valence-electron chi connectivity index (χ1n) is 8.98. The average molecular weight is 360 g/mol. The quantitative estimate of drug-likeness (QED) is 0.749. The highest BCUT2D eigenvalue weighted by molar-refractivity contribution is 6.01. The normalized spacial score (nSPS) is 16.0. The number of hydrogen-bond acceptors (Lipinski definition) is 4. The highest BCUT2D eigenvalue weighted by Crippen LogP contribution is 2.51. The van der Waals surface area contributed by atoms with E-state index in [1.165, 1.54) is 0 Å². The first-order chi connectivity index (χ1) is 13.2. The fourth-order valence-electron chi connectivity index (χ4n) is 3.47. The highest BCUT2D eigenvalue weighted by atomic mass is 16.7. The zero-order valence-electron chi connectivity index (χ0n) is 14.6. The van der Waals surface area contributed by atoms with E-state index in [-0.39, 0.29) is 14.1 Å². The van der Waals surface area contributed by atoms with Crippen molar-refractivity contribution in [2.75, 3.05) is 12.1 Å². The number of aromatic nitrogens is 1. The van der Waals surface area contributed by atoms with Gasteiger partial charge in [0.05, 0.1) is 5.41 Å². The predicted octanol–water partition coefficient (Wildman–Crippen LogP) is 4.39. The maximum atomic E-state index is 12.9. The zero-order chi connectivity index (χ0) is 18.3. The fourth-order valence-corrected chi connectivity index (χ4v) is 3.47. The monoisotopic (exact) mass is 360 g/mol. The van der Waals surface area contributed by atoms with Gasteiger partial charge in [-0.25, -0.2) is 4.98 Å². The summed E-state index contributed by atoms with van der Waals surface area (Å²) < 4.78 is 10.8. The van der Waals surface area contributed by atoms with Gasteiger partial charge in [0.1, 0.15) is 5.82 Å². The van der Waals surface area contributed by atoms with Crippen LogP contribution < -0.4 is 14.8 Å². The molecule has 2 heterocycles. The van der Waals surface area contributed by atoms with Crippen molar-refractivity contribution >= 4 is 11.7 Å². The molecule has 1 N–H and O–H groups in total. The SMILES string of the molecule is O=C(Nc1ccc(-c2ccccc2)cn1)C1(c2ccc3c(c2)OCO3)CC1.[HH]. The van der Waals surface area contributed by atoms with Gasteiger partial charge >= 0.3 is 0 Å². The van der Waals surface area contributed by atoms with E-state index in [9.17, 15) is 4.79 Å². The van der Waals surface area contributed by atoms with Crippen LogP contribution in [0.3, 0.4) is 0 Å². The number of nitrogens with zero attached hydrogens (tertiary/aromatic N) is 1. The van der Waals surface area contributed by atoms with E-state index in [2.05, 4.69) is 10.3 Å². The number of carbonyl (C=O) groups excluding carboxylic acids is 1. The van der Waals surface area contributed by atoms with Gasteiger partial charge in [-0.15, -0.1) is 0 Å². The summed E-state index contributed by atoms with van der Waals surface area (Å²) in [5, 5.41) is 2.97. The summed E-state index contributed by atoms with van der Waals surface area (Å²) in [5.74, 6) is 1.97. The van der Waals surface area contributed by atoms with Crippen molar-refractivity contribution in [1.29, 1.82) is 0 Å². The van der Waals surface area contributed by atoms with Crippen molar-refractivity contribution in [1.82, 2.24) is 4.98 Å². The fraction of sp³-hybridized carbons (Fsp3) is 0.182. The van der Waals surface area contributed by atoms with E-state index in [0.717, 1.165) is 35.3 Å². The van der Waals surface area contributed by atoms with E-state index in [1.54, 1.807) is 6.20 Å². The molecule has 0 radical (unpaired) electrons. The summed E-state index contributed by atoms with van der Waals surface area (Å²) in [5.41, 5.74) is 2.58. The lowest BCUT2D eigenvalue weighted by Gasteiger charge is -2.16. The Bertz CT molecular complexity index is 1000. The number of benzene rings is 2. The molecule has 0 bridgehead atoms. The van der Waals surface area contributed by atoms with Crippen molar-refractivity contribution in [2.24, 2.45) is 0 Å². The number of nitrogens with one attached hydrogen (secondary N) is 1. The molecule has 5 rings (SSSR count). The van der Waals surface area contributed by atoms with Crippen LogP contribution in [0.4, 0.5) is 5.82 Å². The lowest BCUT2D eigenvalue weighted by atomic mass is 9.94. The van der Waals surface area contributed by atoms with Gasteiger partial charge in [0.2, 0.25) is 12.7 Å². The van der Waals surface area contributed by atoms with Crippen LogP contribution in [0.1, 0.15) is 19.8 Å². The second-order valence-electron chi connectivity index (χ2n) is 6.90. The smallest absolute Gasteiger partial charge is 0.236 e. The van der Waals surface area contributed by atoms with Crippen LogP contribution in [0, 0.1) is 0 Å². The summed E-state index contributed by atoms with van der Waals surface area (Å²) in [7, 11) is 0. The van der Waals surface area contributed by atoms with Crippen LogP contribution in [-0.2, 0) is 10.2 Å². The molecule has 1 aromatic heterocycles. The highest BCUT2D eigenvalue weighted by Gasteiger charge is 2.51. The number of amides is 1. The van der Waals surface area contributed by atoms with Crippen LogP contribution >= 0.6 is 0 Å². The molecule has 1 amide bonds. The van der Waals surface area contributed by atoms with Gasteiger partial charge in [0, 0.05) is 13.2 Å². The van der Waals surface area contributed by atoms with Gasteiger partial charge in [0.25, 0.3) is 0 Å². The maximum Gasteiger partial charge on any atom is 0.236 e. The summed E-state index contributed by atoms with van der Waals surface area (Å²) in [6, 6.07) is 19.6. The molecule has 5 nitrogen and oxygen atoms in total. The minimum Gasteiger partial charge on any atom is -0.454 e. The minimum atomic E-state index is -0.499. The van der Waals surface area contributed by atoms with Gasteiger partial charge in [-0.05, 0) is 48.2 Å². The maximum absolute atomic E-state index is 12.9. The van der Waals surface area contributed by atoms with Crippen molar-refractivity contribution in [2.45, 2.75) is 18.3 Å². The van der Waals surface area contributed by atoms with Gasteiger partial charge in [-0.2, -0.15) is 0 Å². The Morgan fingerprint density at radius 3 is 2.52 bits per heavy atom. The third kappa shape index (κ3) is 2.81. The Morgan fingerprint density at radius 2 is 1.78 bits per heavy atom. The molecule has 136 valence electrons. The molecule has 2 aliphatic rings. The number of hydrogen-bond donors (Lipinski definition) is 1. The Labute approximate surface area is 158 Å². The summed E-state index contributed by atoms with van der Waals surface area (Å²) >= 11 is 0. The van der Waals surface area contributed by atoms with Crippen molar-refractivity contribution < 1.29 is 15.7 Å². The van der Waals surface area contributed by atoms with Crippen molar-refractivity contribution in [3.05, 3.63) is 72.4 Å². The van der Waals surface area contributed by atoms with Crippen LogP contribution in [0.5, 0.6) is 11.5 Å². The topological polar surface area (TPSA) is 60.5 Å². The second-order valence-corrected chi connectivity index (χ2v) is 6.90. The van der Waals surface area contributed by atoms with E-state index >= 15 is 0 Å². The number of rotatable bonds is 4. The largest absolute Gasteiger partial charge is 0.454 e. The molecule has 1 aliphatic carbocycles. The standard InChI is InChI=1S/C22H18N2O3.H2/c25-21(22(10-11-22)17-7-8-18-19(12-17)27-14-26-18)24-20-9-6-16(13-23-20)15-4-2-1-3-5-15;/h1-9,12-13H,10-11,14H2,(H,23,24,25);1H. The van der Waals surface area contributed by atoms with Crippen LogP contribution in [0.2, 0.25) is 0 Å². The lowest BCUT2D eigenvalue weighted by Crippen LogP contribution is -2.28. The van der Waals surface area contributed by atoms with E-state index in [1.807, 2.05) is 60.7 Å². The van der Waals surface area contributed by atoms with Crippen LogP contribution in [-0.4, -0.2) is 17.7 Å². The van der Waals surface area contributed by atoms with Crippen LogP contribution in [0.25, 0.3) is 11.1 Å². The number of carbonyl (C=O) groups is 1. The Morgan fingerprint density at radius 1 is 0.963 bits per heavy atom. The lowest BCUT2D eigenvalue weighted by molar-refractivity contribution is -0.118. The van der Waals surface area contributed by atoms with Crippen LogP contribution in [0.15, 0.2) is 66.9 Å². The predicted molar refractivity (Wildman–Crippen MR) is 104 cm³/mol. The van der Waals surface area contributed by atoms with Gasteiger partial charge in [0.15, 0.2) is 11.5 Å². The molecule has 0 spiro atoms. The molecule has 1 aliphatic heterocycles. The molecular weight excluding hydrogens is 340 g/mol.